The number of rotatable bonds is 6. The minimum absolute atomic E-state index is 0.0387. The quantitative estimate of drug-likeness (QED) is 0.635. The highest BCUT2D eigenvalue weighted by atomic mass is 32.1. The van der Waals surface area contributed by atoms with Crippen LogP contribution in [0.2, 0.25) is 0 Å². The highest BCUT2D eigenvalue weighted by molar-refractivity contribution is 7.17. The van der Waals surface area contributed by atoms with Crippen LogP contribution in [-0.2, 0) is 13.1 Å². The van der Waals surface area contributed by atoms with Crippen LogP contribution in [-0.4, -0.2) is 39.4 Å². The van der Waals surface area contributed by atoms with Gasteiger partial charge in [0, 0.05) is 18.8 Å². The van der Waals surface area contributed by atoms with Gasteiger partial charge in [0.15, 0.2) is 5.13 Å². The molecule has 31 heavy (non-hydrogen) atoms. The third kappa shape index (κ3) is 4.56. The lowest BCUT2D eigenvalue weighted by molar-refractivity contribution is 0.0953. The maximum absolute atomic E-state index is 13.2. The number of thiazole rings is 1. The van der Waals surface area contributed by atoms with E-state index in [-0.39, 0.29) is 23.8 Å². The van der Waals surface area contributed by atoms with Crippen LogP contribution < -0.4 is 10.2 Å². The van der Waals surface area contributed by atoms with Gasteiger partial charge >= 0.3 is 6.03 Å². The molecule has 3 heterocycles. The summed E-state index contributed by atoms with van der Waals surface area (Å²) in [5, 5.41) is 3.35. The Balaban J connectivity index is 1.45. The number of hydrogen-bond acceptors (Lipinski definition) is 5. The molecule has 0 aliphatic carbocycles. The Kier molecular flexibility index (Phi) is 5.94. The van der Waals surface area contributed by atoms with Crippen molar-refractivity contribution in [1.29, 1.82) is 0 Å². The van der Waals surface area contributed by atoms with Crippen LogP contribution in [0.15, 0.2) is 48.7 Å². The van der Waals surface area contributed by atoms with Crippen LogP contribution in [0.25, 0.3) is 0 Å². The zero-order valence-electron chi connectivity index (χ0n) is 17.2. The number of carbonyl (C=O) groups is 2. The molecule has 1 unspecified atom stereocenters. The number of pyridine rings is 1. The van der Waals surface area contributed by atoms with E-state index in [0.29, 0.717) is 35.3 Å². The number of urea groups is 1. The Bertz CT molecular complexity index is 1090. The van der Waals surface area contributed by atoms with Crippen LogP contribution >= 0.6 is 11.3 Å². The number of halogens is 1. The van der Waals surface area contributed by atoms with Gasteiger partial charge in [-0.3, -0.25) is 14.7 Å². The van der Waals surface area contributed by atoms with E-state index in [1.54, 1.807) is 35.1 Å². The molecule has 1 aliphatic rings. The van der Waals surface area contributed by atoms with Crippen molar-refractivity contribution in [2.24, 2.45) is 0 Å². The molecule has 3 aromatic rings. The van der Waals surface area contributed by atoms with E-state index in [9.17, 15) is 14.0 Å². The second kappa shape index (κ2) is 8.81. The number of amides is 3. The molecule has 9 heteroatoms. The van der Waals surface area contributed by atoms with Gasteiger partial charge < -0.3 is 10.2 Å². The topological polar surface area (TPSA) is 78.4 Å². The van der Waals surface area contributed by atoms with Crippen LogP contribution in [0.3, 0.4) is 0 Å². The first kappa shape index (κ1) is 20.9. The van der Waals surface area contributed by atoms with E-state index in [0.717, 1.165) is 11.3 Å². The van der Waals surface area contributed by atoms with Crippen molar-refractivity contribution in [2.75, 3.05) is 11.4 Å². The van der Waals surface area contributed by atoms with Gasteiger partial charge in [-0.1, -0.05) is 29.5 Å². The van der Waals surface area contributed by atoms with Crippen LogP contribution in [0.4, 0.5) is 14.3 Å². The summed E-state index contributed by atoms with van der Waals surface area (Å²) < 4.78 is 13.2. The molecule has 0 radical (unpaired) electrons. The fourth-order valence-corrected chi connectivity index (χ4v) is 4.40. The Morgan fingerprint density at radius 2 is 2.03 bits per heavy atom. The molecule has 160 valence electrons. The van der Waals surface area contributed by atoms with Crippen molar-refractivity contribution in [1.82, 2.24) is 20.2 Å². The minimum Gasteiger partial charge on any atom is -0.346 e. The van der Waals surface area contributed by atoms with Gasteiger partial charge in [0.1, 0.15) is 10.7 Å². The average Bonchev–Trinajstić information content (AvgIpc) is 3.29. The standard InChI is InChI=1S/C22H22FN5O2S/c1-14-12-28(22(30)27(14)13-16-6-8-17(23)9-7-16)21-26-15(2)19(31-21)20(29)25-11-18-5-3-4-10-24-18/h3-10,14H,11-13H2,1-2H3,(H,25,29). The van der Waals surface area contributed by atoms with E-state index in [1.165, 1.54) is 23.5 Å². The fourth-order valence-electron chi connectivity index (χ4n) is 3.42. The predicted octanol–water partition coefficient (Wildman–Crippen LogP) is 3.75. The van der Waals surface area contributed by atoms with Gasteiger partial charge in [0.05, 0.1) is 24.5 Å². The molecule has 1 N–H and O–H groups in total. The van der Waals surface area contributed by atoms with E-state index >= 15 is 0 Å². The summed E-state index contributed by atoms with van der Waals surface area (Å²) in [6.07, 6.45) is 1.68. The number of aryl methyl sites for hydroxylation is 1. The molecule has 1 aliphatic heterocycles. The predicted molar refractivity (Wildman–Crippen MR) is 116 cm³/mol. The highest BCUT2D eigenvalue weighted by Crippen LogP contribution is 2.31. The van der Waals surface area contributed by atoms with Crippen molar-refractivity contribution in [3.05, 3.63) is 76.3 Å². The Morgan fingerprint density at radius 1 is 1.26 bits per heavy atom. The molecule has 4 rings (SSSR count). The van der Waals surface area contributed by atoms with Crippen molar-refractivity contribution >= 4 is 28.4 Å². The summed E-state index contributed by atoms with van der Waals surface area (Å²) in [6.45, 7) is 4.90. The smallest absolute Gasteiger partial charge is 0.326 e. The molecule has 7 nitrogen and oxygen atoms in total. The molecule has 3 amide bonds. The SMILES string of the molecule is Cc1nc(N2CC(C)N(Cc3ccc(F)cc3)C2=O)sc1C(=O)NCc1ccccn1. The Morgan fingerprint density at radius 3 is 2.74 bits per heavy atom. The van der Waals surface area contributed by atoms with Gasteiger partial charge in [0.25, 0.3) is 5.91 Å². The average molecular weight is 440 g/mol. The zero-order chi connectivity index (χ0) is 22.0. The van der Waals surface area contributed by atoms with Crippen LogP contribution in [0.5, 0.6) is 0 Å². The summed E-state index contributed by atoms with van der Waals surface area (Å²) in [4.78, 5) is 38.1. The zero-order valence-corrected chi connectivity index (χ0v) is 18.0. The maximum atomic E-state index is 13.2. The largest absolute Gasteiger partial charge is 0.346 e. The second-order valence-electron chi connectivity index (χ2n) is 7.41. The first-order chi connectivity index (χ1) is 14.9. The van der Waals surface area contributed by atoms with Crippen LogP contribution in [0, 0.1) is 12.7 Å². The molecule has 0 saturated carbocycles. The van der Waals surface area contributed by atoms with Gasteiger partial charge in [-0.25, -0.2) is 14.2 Å². The number of aromatic nitrogens is 2. The molecule has 2 aromatic heterocycles. The highest BCUT2D eigenvalue weighted by Gasteiger charge is 2.37. The first-order valence-corrected chi connectivity index (χ1v) is 10.7. The number of hydrogen-bond donors (Lipinski definition) is 1. The molecule has 0 bridgehead atoms. The number of nitrogens with zero attached hydrogens (tertiary/aromatic N) is 4. The summed E-state index contributed by atoms with van der Waals surface area (Å²) in [5.41, 5.74) is 2.20. The van der Waals surface area contributed by atoms with Gasteiger partial charge in [-0.2, -0.15) is 0 Å². The normalized spacial score (nSPS) is 16.1. The van der Waals surface area contributed by atoms with Crippen molar-refractivity contribution in [3.63, 3.8) is 0 Å². The molecule has 1 atom stereocenters. The minimum atomic E-state index is -0.307. The second-order valence-corrected chi connectivity index (χ2v) is 8.39. The fraction of sp³-hybridized carbons (Fsp3) is 0.273. The van der Waals surface area contributed by atoms with E-state index in [1.807, 2.05) is 25.1 Å². The molecule has 1 aromatic carbocycles. The number of anilines is 1. The summed E-state index contributed by atoms with van der Waals surface area (Å²) in [5.74, 6) is -0.548. The van der Waals surface area contributed by atoms with Gasteiger partial charge in [0.2, 0.25) is 0 Å². The lowest BCUT2D eigenvalue weighted by atomic mass is 10.2. The lowest BCUT2D eigenvalue weighted by Crippen LogP contribution is -2.33. The van der Waals surface area contributed by atoms with Gasteiger partial charge in [-0.15, -0.1) is 0 Å². The monoisotopic (exact) mass is 439 g/mol. The lowest BCUT2D eigenvalue weighted by Gasteiger charge is -2.20. The van der Waals surface area contributed by atoms with E-state index in [2.05, 4.69) is 15.3 Å². The number of nitrogens with one attached hydrogen (secondary N) is 1. The van der Waals surface area contributed by atoms with Crippen molar-refractivity contribution < 1.29 is 14.0 Å². The number of benzene rings is 1. The Labute approximate surface area is 183 Å². The summed E-state index contributed by atoms with van der Waals surface area (Å²) in [6, 6.07) is 11.4. The van der Waals surface area contributed by atoms with Crippen molar-refractivity contribution in [3.8, 4) is 0 Å². The third-order valence-corrected chi connectivity index (χ3v) is 6.28. The molecule has 1 saturated heterocycles. The molecule has 0 spiro atoms. The van der Waals surface area contributed by atoms with E-state index in [4.69, 9.17) is 0 Å². The van der Waals surface area contributed by atoms with Crippen molar-refractivity contribution in [2.45, 2.75) is 33.0 Å². The third-order valence-electron chi connectivity index (χ3n) is 5.10. The summed E-state index contributed by atoms with van der Waals surface area (Å²) in [7, 11) is 0. The number of carbonyl (C=O) groups excluding carboxylic acids is 2. The summed E-state index contributed by atoms with van der Waals surface area (Å²) >= 11 is 1.20. The van der Waals surface area contributed by atoms with Crippen LogP contribution in [0.1, 0.15) is 33.5 Å². The van der Waals surface area contributed by atoms with E-state index < -0.39 is 0 Å². The maximum Gasteiger partial charge on any atom is 0.326 e. The molecule has 1 fully saturated rings. The van der Waals surface area contributed by atoms with Gasteiger partial charge in [-0.05, 0) is 43.7 Å². The molecular weight excluding hydrogens is 417 g/mol. The Hall–Kier alpha value is -3.33. The first-order valence-electron chi connectivity index (χ1n) is 9.90. The molecular formula is C22H22FN5O2S.